The fourth-order valence-corrected chi connectivity index (χ4v) is 3.07. The third-order valence-corrected chi connectivity index (χ3v) is 4.41. The third kappa shape index (κ3) is 2.99. The van der Waals surface area contributed by atoms with E-state index in [0.717, 1.165) is 22.2 Å². The van der Waals surface area contributed by atoms with Crippen LogP contribution < -0.4 is 5.32 Å². The van der Waals surface area contributed by atoms with Crippen molar-refractivity contribution in [3.63, 3.8) is 0 Å². The summed E-state index contributed by atoms with van der Waals surface area (Å²) in [5, 5.41) is 3.91. The molecule has 4 nitrogen and oxygen atoms in total. The highest BCUT2D eigenvalue weighted by Gasteiger charge is 2.15. The Balaban J connectivity index is 1.68. The van der Waals surface area contributed by atoms with Crippen molar-refractivity contribution in [3.8, 4) is 0 Å². The third-order valence-electron chi connectivity index (χ3n) is 4.41. The van der Waals surface area contributed by atoms with Crippen molar-refractivity contribution < 1.29 is 13.6 Å². The number of furan rings is 1. The molecule has 0 bridgehead atoms. The fourth-order valence-electron chi connectivity index (χ4n) is 3.07. The summed E-state index contributed by atoms with van der Waals surface area (Å²) < 4.78 is 20.4. The lowest BCUT2D eigenvalue weighted by atomic mass is 10.2. The first-order chi connectivity index (χ1) is 12.6. The maximum atomic E-state index is 13.1. The largest absolute Gasteiger partial charge is 0.469 e. The van der Waals surface area contributed by atoms with E-state index in [1.807, 2.05) is 35.0 Å². The number of nitrogens with one attached hydrogen (secondary N) is 1. The Labute approximate surface area is 149 Å². The van der Waals surface area contributed by atoms with Crippen LogP contribution in [0.2, 0.25) is 0 Å². The Kier molecular flexibility index (Phi) is 4.05. The molecule has 1 amide bonds. The summed E-state index contributed by atoms with van der Waals surface area (Å²) in [5.74, 6) is 0.119. The van der Waals surface area contributed by atoms with Gasteiger partial charge in [-0.1, -0.05) is 30.3 Å². The van der Waals surface area contributed by atoms with Crippen LogP contribution in [0.1, 0.15) is 21.7 Å². The van der Waals surface area contributed by atoms with Crippen molar-refractivity contribution in [3.05, 3.63) is 89.8 Å². The molecular formula is C21H17FN2O2. The van der Waals surface area contributed by atoms with Crippen molar-refractivity contribution >= 4 is 22.5 Å². The number of nitrogens with zero attached hydrogens (tertiary/aromatic N) is 1. The summed E-state index contributed by atoms with van der Waals surface area (Å²) in [7, 11) is 0. The number of amides is 1. The number of aromatic nitrogens is 1. The van der Waals surface area contributed by atoms with E-state index in [1.165, 1.54) is 18.4 Å². The lowest BCUT2D eigenvalue weighted by molar-refractivity contribution is 0.102. The zero-order valence-electron chi connectivity index (χ0n) is 14.2. The van der Waals surface area contributed by atoms with E-state index in [2.05, 4.69) is 5.32 Å². The number of carbonyl (C=O) groups excluding carboxylic acids is 1. The van der Waals surface area contributed by atoms with E-state index in [4.69, 9.17) is 4.42 Å². The molecule has 0 saturated carbocycles. The number of para-hydroxylation sites is 1. The van der Waals surface area contributed by atoms with Crippen LogP contribution in [0.4, 0.5) is 10.1 Å². The molecule has 0 radical (unpaired) electrons. The number of carbonyl (C=O) groups is 1. The molecule has 2 aromatic heterocycles. The van der Waals surface area contributed by atoms with Crippen molar-refractivity contribution in [2.75, 3.05) is 5.32 Å². The first-order valence-electron chi connectivity index (χ1n) is 8.29. The van der Waals surface area contributed by atoms with Gasteiger partial charge in [0, 0.05) is 18.1 Å². The number of rotatable bonds is 4. The fraction of sp³-hybridized carbons (Fsp3) is 0.0952. The number of fused-ring (bicyclic) bond motifs is 1. The van der Waals surface area contributed by atoms with Gasteiger partial charge in [-0.15, -0.1) is 0 Å². The molecule has 130 valence electrons. The summed E-state index contributed by atoms with van der Waals surface area (Å²) >= 11 is 0. The van der Waals surface area contributed by atoms with Gasteiger partial charge in [0.15, 0.2) is 0 Å². The molecule has 2 heterocycles. The zero-order valence-corrected chi connectivity index (χ0v) is 14.2. The number of aryl methyl sites for hydroxylation is 1. The lowest BCUT2D eigenvalue weighted by Gasteiger charge is -2.05. The predicted molar refractivity (Wildman–Crippen MR) is 98.8 cm³/mol. The van der Waals surface area contributed by atoms with Crippen LogP contribution in [0.15, 0.2) is 71.5 Å². The van der Waals surface area contributed by atoms with Gasteiger partial charge in [-0.3, -0.25) is 4.79 Å². The number of hydrogen-bond donors (Lipinski definition) is 1. The Morgan fingerprint density at radius 2 is 1.88 bits per heavy atom. The van der Waals surface area contributed by atoms with Crippen LogP contribution in [0.5, 0.6) is 0 Å². The molecule has 0 aliphatic heterocycles. The molecule has 5 heteroatoms. The standard InChI is InChI=1S/C21H17FN2O2/c1-14-17(10-11-26-14)21(25)23-19-13-24(20-5-3-2-4-18(19)20)12-15-6-8-16(22)9-7-15/h2-11,13H,12H2,1H3,(H,23,25). The number of halogens is 1. The van der Waals surface area contributed by atoms with Gasteiger partial charge >= 0.3 is 0 Å². The highest BCUT2D eigenvalue weighted by molar-refractivity contribution is 6.09. The van der Waals surface area contributed by atoms with Crippen LogP contribution in [-0.4, -0.2) is 10.5 Å². The van der Waals surface area contributed by atoms with Crippen LogP contribution in [0.3, 0.4) is 0 Å². The van der Waals surface area contributed by atoms with Crippen molar-refractivity contribution in [2.24, 2.45) is 0 Å². The predicted octanol–water partition coefficient (Wildman–Crippen LogP) is 4.98. The Morgan fingerprint density at radius 1 is 1.12 bits per heavy atom. The van der Waals surface area contributed by atoms with E-state index in [1.54, 1.807) is 25.1 Å². The maximum absolute atomic E-state index is 13.1. The van der Waals surface area contributed by atoms with Crippen LogP contribution in [-0.2, 0) is 6.54 Å². The second-order valence-electron chi connectivity index (χ2n) is 6.16. The Bertz CT molecular complexity index is 1080. The number of hydrogen-bond acceptors (Lipinski definition) is 2. The minimum Gasteiger partial charge on any atom is -0.469 e. The van der Waals surface area contributed by atoms with Gasteiger partial charge in [-0.25, -0.2) is 4.39 Å². The van der Waals surface area contributed by atoms with E-state index in [-0.39, 0.29) is 11.7 Å². The minimum atomic E-state index is -0.255. The highest BCUT2D eigenvalue weighted by Crippen LogP contribution is 2.27. The molecule has 4 aromatic rings. The maximum Gasteiger partial charge on any atom is 0.259 e. The normalized spacial score (nSPS) is 11.0. The van der Waals surface area contributed by atoms with Crippen LogP contribution in [0, 0.1) is 12.7 Å². The first kappa shape index (κ1) is 16.1. The summed E-state index contributed by atoms with van der Waals surface area (Å²) in [4.78, 5) is 12.5. The monoisotopic (exact) mass is 348 g/mol. The second-order valence-corrected chi connectivity index (χ2v) is 6.16. The van der Waals surface area contributed by atoms with Gasteiger partial charge in [0.1, 0.15) is 11.6 Å². The quantitative estimate of drug-likeness (QED) is 0.565. The van der Waals surface area contributed by atoms with E-state index >= 15 is 0 Å². The summed E-state index contributed by atoms with van der Waals surface area (Å²) in [5.41, 5.74) is 3.22. The topological polar surface area (TPSA) is 47.2 Å². The molecule has 0 saturated heterocycles. The van der Waals surface area contributed by atoms with E-state index in [9.17, 15) is 9.18 Å². The molecule has 1 N–H and O–H groups in total. The Morgan fingerprint density at radius 3 is 2.62 bits per heavy atom. The second kappa shape index (κ2) is 6.52. The van der Waals surface area contributed by atoms with Gasteiger partial charge < -0.3 is 14.3 Å². The molecule has 2 aromatic carbocycles. The molecule has 0 unspecified atom stereocenters. The first-order valence-corrected chi connectivity index (χ1v) is 8.29. The molecule has 0 aliphatic rings. The molecule has 0 spiro atoms. The van der Waals surface area contributed by atoms with Gasteiger partial charge in [-0.05, 0) is 36.8 Å². The molecule has 0 aliphatic carbocycles. The smallest absolute Gasteiger partial charge is 0.259 e. The Hall–Kier alpha value is -3.34. The lowest BCUT2D eigenvalue weighted by Crippen LogP contribution is -2.11. The zero-order chi connectivity index (χ0) is 18.1. The van der Waals surface area contributed by atoms with Crippen molar-refractivity contribution in [1.82, 2.24) is 4.57 Å². The minimum absolute atomic E-state index is 0.207. The van der Waals surface area contributed by atoms with E-state index < -0.39 is 0 Å². The van der Waals surface area contributed by atoms with Gasteiger partial charge in [0.25, 0.3) is 5.91 Å². The average molecular weight is 348 g/mol. The summed E-state index contributed by atoms with van der Waals surface area (Å²) in [6, 6.07) is 15.9. The van der Waals surface area contributed by atoms with Gasteiger partial charge in [0.2, 0.25) is 0 Å². The van der Waals surface area contributed by atoms with Crippen LogP contribution >= 0.6 is 0 Å². The SMILES string of the molecule is Cc1occc1C(=O)Nc1cn(Cc2ccc(F)cc2)c2ccccc12. The van der Waals surface area contributed by atoms with Gasteiger partial charge in [0.05, 0.1) is 23.0 Å². The molecule has 4 rings (SSSR count). The average Bonchev–Trinajstić information content (AvgIpc) is 3.22. The molecule has 26 heavy (non-hydrogen) atoms. The molecule has 0 fully saturated rings. The van der Waals surface area contributed by atoms with E-state index in [0.29, 0.717) is 17.9 Å². The van der Waals surface area contributed by atoms with Gasteiger partial charge in [-0.2, -0.15) is 0 Å². The van der Waals surface area contributed by atoms with Crippen LogP contribution in [0.25, 0.3) is 10.9 Å². The molecule has 0 atom stereocenters. The summed E-state index contributed by atoms with van der Waals surface area (Å²) in [6.07, 6.45) is 3.41. The van der Waals surface area contributed by atoms with Crippen molar-refractivity contribution in [1.29, 1.82) is 0 Å². The number of benzene rings is 2. The summed E-state index contributed by atoms with van der Waals surface area (Å²) in [6.45, 7) is 2.34. The number of anilines is 1. The molecular weight excluding hydrogens is 331 g/mol. The van der Waals surface area contributed by atoms with Crippen molar-refractivity contribution in [2.45, 2.75) is 13.5 Å². The highest BCUT2D eigenvalue weighted by atomic mass is 19.1.